The number of nitrogens with zero attached hydrogens (tertiary/aromatic N) is 1. The fourth-order valence-electron chi connectivity index (χ4n) is 5.77. The average Bonchev–Trinajstić information content (AvgIpc) is 3.38. The molecule has 1 saturated heterocycles. The van der Waals surface area contributed by atoms with E-state index in [1.165, 1.54) is 10.8 Å². The first-order chi connectivity index (χ1) is 21.9. The van der Waals surface area contributed by atoms with Gasteiger partial charge in [0.1, 0.15) is 0 Å². The number of nitrogens with one attached hydrogen (secondary N) is 1. The fraction of sp³-hybridized carbons (Fsp3) is 0.222. The van der Waals surface area contributed by atoms with Crippen LogP contribution in [0.3, 0.4) is 0 Å². The van der Waals surface area contributed by atoms with E-state index in [4.69, 9.17) is 14.2 Å². The molecule has 1 aromatic heterocycles. The molecule has 6 rings (SSSR count). The maximum atomic E-state index is 13.0. The van der Waals surface area contributed by atoms with Crippen LogP contribution in [0, 0.1) is 6.92 Å². The van der Waals surface area contributed by atoms with Gasteiger partial charge >= 0.3 is 268 Å². The Kier molecular flexibility index (Phi) is 9.16. The van der Waals surface area contributed by atoms with E-state index < -0.39 is 40.1 Å². The number of aromatic nitrogens is 2. The van der Waals surface area contributed by atoms with Gasteiger partial charge in [0, 0.05) is 0 Å². The fourth-order valence-corrected chi connectivity index (χ4v) is 8.40. The molecule has 1 fully saturated rings. The van der Waals surface area contributed by atoms with Crippen molar-refractivity contribution in [1.29, 1.82) is 0 Å². The summed E-state index contributed by atoms with van der Waals surface area (Å²) in [5.74, 6) is 0.721. The van der Waals surface area contributed by atoms with E-state index in [0.717, 1.165) is 26.9 Å². The van der Waals surface area contributed by atoms with Gasteiger partial charge in [-0.15, -0.1) is 0 Å². The number of ether oxygens (including phenoxy) is 3. The van der Waals surface area contributed by atoms with Gasteiger partial charge in [-0.3, -0.25) is 0 Å². The molecule has 0 bridgehead atoms. The van der Waals surface area contributed by atoms with E-state index in [1.807, 2.05) is 115 Å². The van der Waals surface area contributed by atoms with Crippen molar-refractivity contribution in [3.8, 4) is 5.75 Å². The van der Waals surface area contributed by atoms with Gasteiger partial charge in [0.25, 0.3) is 0 Å². The quantitative estimate of drug-likeness (QED) is 0.173. The van der Waals surface area contributed by atoms with E-state index >= 15 is 0 Å². The number of methoxy groups -OCH3 is 1. The summed E-state index contributed by atoms with van der Waals surface area (Å²) in [6, 6.07) is 37.5. The Bertz CT molecular complexity index is 1790. The molecule has 0 amide bonds. The van der Waals surface area contributed by atoms with Gasteiger partial charge in [0.05, 0.1) is 0 Å². The third-order valence-corrected chi connectivity index (χ3v) is 10.9. The van der Waals surface area contributed by atoms with Crippen LogP contribution in [0.1, 0.15) is 28.5 Å². The summed E-state index contributed by atoms with van der Waals surface area (Å²) in [6.45, 7) is 1.66. The van der Waals surface area contributed by atoms with E-state index in [1.54, 1.807) is 14.0 Å². The summed E-state index contributed by atoms with van der Waals surface area (Å²) in [4.78, 5) is 27.2. The zero-order valence-corrected chi connectivity index (χ0v) is 26.6. The first-order valence-corrected chi connectivity index (χ1v) is 16.5. The van der Waals surface area contributed by atoms with Crippen LogP contribution in [-0.4, -0.2) is 55.5 Å². The summed E-state index contributed by atoms with van der Waals surface area (Å²) >= 11 is -0.268. The average molecular weight is 670 g/mol. The summed E-state index contributed by atoms with van der Waals surface area (Å²) in [5, 5.41) is 11.8. The third-order valence-electron chi connectivity index (χ3n) is 8.07. The molecule has 1 aliphatic heterocycles. The van der Waals surface area contributed by atoms with Crippen molar-refractivity contribution in [3.63, 3.8) is 0 Å². The monoisotopic (exact) mass is 670 g/mol. The molecular weight excluding hydrogens is 635 g/mol. The van der Waals surface area contributed by atoms with Crippen molar-refractivity contribution < 1.29 is 19.3 Å². The number of aryl methyl sites for hydroxylation is 1. The molecule has 1 aliphatic rings. The van der Waals surface area contributed by atoms with Crippen molar-refractivity contribution in [2.24, 2.45) is 0 Å². The second-order valence-electron chi connectivity index (χ2n) is 10.9. The van der Waals surface area contributed by atoms with E-state index in [2.05, 4.69) is 4.98 Å². The van der Waals surface area contributed by atoms with Gasteiger partial charge in [-0.1, -0.05) is 0 Å². The van der Waals surface area contributed by atoms with Crippen molar-refractivity contribution in [1.82, 2.24) is 9.55 Å². The van der Waals surface area contributed by atoms with Gasteiger partial charge < -0.3 is 0 Å². The van der Waals surface area contributed by atoms with Crippen molar-refractivity contribution in [2.45, 2.75) is 35.8 Å². The van der Waals surface area contributed by atoms with Crippen LogP contribution in [0.2, 0.25) is 4.82 Å². The maximum absolute atomic E-state index is 13.0. The number of hydrogen-bond donors (Lipinski definition) is 2. The molecule has 230 valence electrons. The van der Waals surface area contributed by atoms with Crippen LogP contribution in [0.15, 0.2) is 131 Å². The Balaban J connectivity index is 1.41. The Labute approximate surface area is 267 Å². The number of H-pyrrole nitrogens is 1. The van der Waals surface area contributed by atoms with E-state index in [-0.39, 0.29) is 21.6 Å². The molecule has 2 N–H and O–H groups in total. The summed E-state index contributed by atoms with van der Waals surface area (Å²) < 4.78 is 21.4. The molecule has 9 heteroatoms. The molecule has 0 unspecified atom stereocenters. The topological polar surface area (TPSA) is 103 Å². The number of hydrogen-bond acceptors (Lipinski definition) is 6. The van der Waals surface area contributed by atoms with Crippen molar-refractivity contribution in [3.05, 3.63) is 165 Å². The number of aromatic amines is 1. The van der Waals surface area contributed by atoms with Crippen LogP contribution < -0.4 is 20.4 Å². The van der Waals surface area contributed by atoms with Crippen molar-refractivity contribution in [2.75, 3.05) is 13.7 Å². The molecular formula is C36H34N2O6Se. The van der Waals surface area contributed by atoms with Gasteiger partial charge in [-0.05, 0) is 0 Å². The third kappa shape index (κ3) is 6.18. The van der Waals surface area contributed by atoms with Crippen LogP contribution in [-0.2, 0) is 15.1 Å². The minimum atomic E-state index is -1.05. The predicted octanol–water partition coefficient (Wildman–Crippen LogP) is 3.94. The molecule has 0 spiro atoms. The Hall–Kier alpha value is -4.24. The molecule has 2 heterocycles. The Morgan fingerprint density at radius 3 is 1.98 bits per heavy atom. The van der Waals surface area contributed by atoms with Gasteiger partial charge in [0.15, 0.2) is 0 Å². The summed E-state index contributed by atoms with van der Waals surface area (Å²) in [7, 11) is 1.63. The molecule has 4 atom stereocenters. The van der Waals surface area contributed by atoms with E-state index in [0.29, 0.717) is 5.56 Å². The Morgan fingerprint density at radius 1 is 0.844 bits per heavy atom. The van der Waals surface area contributed by atoms with Crippen LogP contribution in [0.4, 0.5) is 0 Å². The Morgan fingerprint density at radius 2 is 1.40 bits per heavy atom. The molecule has 5 aromatic rings. The normalized spacial score (nSPS) is 19.8. The van der Waals surface area contributed by atoms with Crippen molar-refractivity contribution >= 4 is 19.4 Å². The zero-order chi connectivity index (χ0) is 31.4. The van der Waals surface area contributed by atoms with E-state index in [9.17, 15) is 14.7 Å². The van der Waals surface area contributed by atoms with Crippen LogP contribution in [0.25, 0.3) is 0 Å². The SMILES string of the molecule is COc1ccc(C(OC[C@H]2O[C@@H](n3cc(C)c(=O)[nH]c3=O)[C@H]([Se]c3ccccc3)[C@H]2O)(c2ccccc2)c2ccccc2)cc1. The molecule has 0 saturated carbocycles. The first kappa shape index (κ1) is 30.8. The molecule has 0 radical (unpaired) electrons. The molecule has 8 nitrogen and oxygen atoms in total. The van der Waals surface area contributed by atoms with Crippen LogP contribution >= 0.6 is 0 Å². The second kappa shape index (κ2) is 13.4. The number of aliphatic hydroxyl groups excluding tert-OH is 1. The number of aliphatic hydroxyl groups is 1. The molecule has 45 heavy (non-hydrogen) atoms. The summed E-state index contributed by atoms with van der Waals surface area (Å²) in [6.07, 6.45) is -1.02. The van der Waals surface area contributed by atoms with Gasteiger partial charge in [-0.2, -0.15) is 0 Å². The predicted molar refractivity (Wildman–Crippen MR) is 173 cm³/mol. The number of rotatable bonds is 10. The second-order valence-corrected chi connectivity index (χ2v) is 13.5. The first-order valence-electron chi connectivity index (χ1n) is 14.7. The summed E-state index contributed by atoms with van der Waals surface area (Å²) in [5.41, 5.74) is 0.980. The molecule has 4 aromatic carbocycles. The zero-order valence-electron chi connectivity index (χ0n) is 24.9. The van der Waals surface area contributed by atoms with Crippen LogP contribution in [0.5, 0.6) is 5.75 Å². The standard InChI is InChI=1S/C36H34N2O6Se/c1-24-22-38(35(41)37-33(24)40)34-32(45-29-16-10-5-11-17-29)31(39)30(44-34)23-43-36(25-12-6-3-7-13-25,26-14-8-4-9-15-26)27-18-20-28(42-2)21-19-27/h3-22,30-32,34,39H,23H2,1-2H3,(H,37,40,41)/t30-,31+,32-,34-/m1/s1. The van der Waals surface area contributed by atoms with Gasteiger partial charge in [0.2, 0.25) is 0 Å². The number of benzene rings is 4. The minimum absolute atomic E-state index is 0.0198. The van der Waals surface area contributed by atoms with Gasteiger partial charge in [-0.25, -0.2) is 0 Å². The molecule has 0 aliphatic carbocycles.